The number of allylic oxidation sites excluding steroid dienone is 4. The predicted molar refractivity (Wildman–Crippen MR) is 114 cm³/mol. The number of aliphatic hydroxyl groups excluding tert-OH is 1. The molecule has 5 atom stereocenters. The van der Waals surface area contributed by atoms with Gasteiger partial charge in [-0.3, -0.25) is 4.79 Å². The second-order valence-corrected chi connectivity index (χ2v) is 10.6. The highest BCUT2D eigenvalue weighted by molar-refractivity contribution is 5.75. The monoisotopic (exact) mass is 386 g/mol. The molecule has 3 aliphatic rings. The van der Waals surface area contributed by atoms with Gasteiger partial charge in [0.25, 0.3) is 0 Å². The van der Waals surface area contributed by atoms with Crippen LogP contribution >= 0.6 is 0 Å². The van der Waals surface area contributed by atoms with Crippen LogP contribution in [0.1, 0.15) is 74.1 Å². The van der Waals surface area contributed by atoms with E-state index in [1.165, 1.54) is 22.3 Å². The van der Waals surface area contributed by atoms with Crippen LogP contribution in [0.3, 0.4) is 0 Å². The molecule has 1 N–H and O–H groups in total. The normalized spacial score (nSPS) is 35.9. The first-order chi connectivity index (χ1) is 12.9. The number of hydrogen-bond donors (Lipinski definition) is 1. The largest absolute Gasteiger partial charge is 0.465 e. The molecule has 3 nitrogen and oxygen atoms in total. The molecule has 0 aromatic heterocycles. The number of carbonyl (C=O) groups excluding carboxylic acids is 1. The molecular formula is C25H38O3. The summed E-state index contributed by atoms with van der Waals surface area (Å²) in [5, 5.41) is 11.0. The molecule has 0 spiro atoms. The van der Waals surface area contributed by atoms with Gasteiger partial charge in [0, 0.05) is 11.3 Å². The zero-order valence-corrected chi connectivity index (χ0v) is 18.8. The summed E-state index contributed by atoms with van der Waals surface area (Å²) in [6.07, 6.45) is 8.43. The minimum absolute atomic E-state index is 0.00573. The van der Waals surface area contributed by atoms with Crippen molar-refractivity contribution in [2.24, 2.45) is 28.6 Å². The maximum atomic E-state index is 12.2. The summed E-state index contributed by atoms with van der Waals surface area (Å²) in [5.41, 5.74) is 5.14. The molecule has 0 saturated heterocycles. The maximum Gasteiger partial charge on any atom is 0.311 e. The molecule has 156 valence electrons. The number of carbonyl (C=O) groups is 1. The van der Waals surface area contributed by atoms with Crippen molar-refractivity contribution in [3.8, 4) is 0 Å². The lowest BCUT2D eigenvalue weighted by Gasteiger charge is -2.36. The van der Waals surface area contributed by atoms with Crippen molar-refractivity contribution in [1.29, 1.82) is 0 Å². The zero-order valence-electron chi connectivity index (χ0n) is 18.8. The zero-order chi connectivity index (χ0) is 20.9. The highest BCUT2D eigenvalue weighted by Gasteiger charge is 2.43. The van der Waals surface area contributed by atoms with Gasteiger partial charge in [0.05, 0.1) is 18.1 Å². The van der Waals surface area contributed by atoms with Gasteiger partial charge in [0.2, 0.25) is 0 Å². The summed E-state index contributed by atoms with van der Waals surface area (Å²) in [6, 6.07) is 0. The molecule has 0 aromatic carbocycles. The van der Waals surface area contributed by atoms with Crippen molar-refractivity contribution < 1.29 is 14.6 Å². The maximum absolute atomic E-state index is 12.2. The molecule has 0 amide bonds. The van der Waals surface area contributed by atoms with Crippen molar-refractivity contribution in [2.75, 3.05) is 6.61 Å². The number of ether oxygens (including phenoxy) is 1. The predicted octanol–water partition coefficient (Wildman–Crippen LogP) is 5.60. The first-order valence-electron chi connectivity index (χ1n) is 10.9. The molecule has 3 aliphatic carbocycles. The Balaban J connectivity index is 1.90. The molecule has 0 radical (unpaired) electrons. The van der Waals surface area contributed by atoms with E-state index in [9.17, 15) is 9.90 Å². The van der Waals surface area contributed by atoms with Crippen molar-refractivity contribution in [2.45, 2.75) is 80.3 Å². The van der Waals surface area contributed by atoms with Crippen molar-refractivity contribution in [3.05, 3.63) is 34.4 Å². The van der Waals surface area contributed by atoms with E-state index >= 15 is 0 Å². The van der Waals surface area contributed by atoms with Gasteiger partial charge in [0.15, 0.2) is 0 Å². The third-order valence-corrected chi connectivity index (χ3v) is 7.32. The Morgan fingerprint density at radius 3 is 2.71 bits per heavy atom. The lowest BCUT2D eigenvalue weighted by atomic mass is 9.70. The second-order valence-electron chi connectivity index (χ2n) is 10.6. The Bertz CT molecular complexity index is 733. The van der Waals surface area contributed by atoms with Gasteiger partial charge in [-0.2, -0.15) is 0 Å². The molecule has 0 heterocycles. The van der Waals surface area contributed by atoms with E-state index in [2.05, 4.69) is 39.8 Å². The van der Waals surface area contributed by atoms with Gasteiger partial charge >= 0.3 is 5.97 Å². The number of esters is 1. The molecule has 3 heteroatoms. The minimum atomic E-state index is -0.473. The second kappa shape index (κ2) is 7.48. The lowest BCUT2D eigenvalue weighted by Crippen LogP contribution is -2.31. The highest BCUT2D eigenvalue weighted by Crippen LogP contribution is 2.53. The smallest absolute Gasteiger partial charge is 0.311 e. The fourth-order valence-corrected chi connectivity index (χ4v) is 5.21. The quantitative estimate of drug-likeness (QED) is 0.507. The Labute approximate surface area is 170 Å². The molecule has 0 fully saturated rings. The summed E-state index contributed by atoms with van der Waals surface area (Å²) < 4.78 is 5.62. The molecule has 0 aromatic rings. The van der Waals surface area contributed by atoms with Crippen LogP contribution in [-0.2, 0) is 9.53 Å². The molecule has 28 heavy (non-hydrogen) atoms. The summed E-state index contributed by atoms with van der Waals surface area (Å²) in [7, 11) is 0. The topological polar surface area (TPSA) is 46.5 Å². The molecule has 0 bridgehead atoms. The SMILES string of the molecule is CC1=CC[C@@H]2/C1=C\[C@@]1(C)CCC([C@H](C)COC(=O)C(C)(C)C)=C1C[C@@H](O)[C@@H]2C. The standard InChI is InChI=1S/C25H38O3/c1-15-8-9-19-17(3)22(26)12-21-18(10-11-25(21,7)13-20(15)19)16(2)14-28-23(27)24(4,5)6/h8,13,16-17,19,22,26H,9-12,14H2,1-7H3/b20-13-/t16-,17-,19+,22-,25-/m1/s1. The molecule has 0 saturated carbocycles. The molecule has 3 rings (SSSR count). The average Bonchev–Trinajstić information content (AvgIpc) is 3.11. The van der Waals surface area contributed by atoms with Crippen molar-refractivity contribution in [1.82, 2.24) is 0 Å². The lowest BCUT2D eigenvalue weighted by molar-refractivity contribution is -0.153. The van der Waals surface area contributed by atoms with Crippen LogP contribution in [0.15, 0.2) is 34.4 Å². The van der Waals surface area contributed by atoms with Crippen LogP contribution in [0.2, 0.25) is 0 Å². The Morgan fingerprint density at radius 1 is 1.39 bits per heavy atom. The molecule has 0 aliphatic heterocycles. The van der Waals surface area contributed by atoms with Crippen LogP contribution < -0.4 is 0 Å². The van der Waals surface area contributed by atoms with E-state index in [0.717, 1.165) is 25.7 Å². The summed E-state index contributed by atoms with van der Waals surface area (Å²) in [4.78, 5) is 12.2. The Hall–Kier alpha value is -1.35. The van der Waals surface area contributed by atoms with Gasteiger partial charge in [-0.05, 0) is 70.8 Å². The van der Waals surface area contributed by atoms with Crippen molar-refractivity contribution in [3.63, 3.8) is 0 Å². The van der Waals surface area contributed by atoms with Crippen LogP contribution in [-0.4, -0.2) is 23.8 Å². The van der Waals surface area contributed by atoms with E-state index in [1.807, 2.05) is 20.8 Å². The van der Waals surface area contributed by atoms with E-state index in [1.54, 1.807) is 0 Å². The summed E-state index contributed by atoms with van der Waals surface area (Å²) >= 11 is 0. The van der Waals surface area contributed by atoms with Crippen LogP contribution in [0, 0.1) is 28.6 Å². The van der Waals surface area contributed by atoms with Crippen LogP contribution in [0.25, 0.3) is 0 Å². The van der Waals surface area contributed by atoms with Crippen LogP contribution in [0.4, 0.5) is 0 Å². The number of aliphatic hydroxyl groups is 1. The van der Waals surface area contributed by atoms with Gasteiger partial charge in [-0.1, -0.05) is 49.6 Å². The van der Waals surface area contributed by atoms with E-state index in [0.29, 0.717) is 12.5 Å². The minimum Gasteiger partial charge on any atom is -0.465 e. The molecule has 0 unspecified atom stereocenters. The van der Waals surface area contributed by atoms with E-state index < -0.39 is 5.41 Å². The highest BCUT2D eigenvalue weighted by atomic mass is 16.5. The first kappa shape index (κ1) is 21.4. The molecular weight excluding hydrogens is 348 g/mol. The Morgan fingerprint density at radius 2 is 2.07 bits per heavy atom. The third kappa shape index (κ3) is 3.87. The van der Waals surface area contributed by atoms with E-state index in [-0.39, 0.29) is 29.3 Å². The number of fused-ring (bicyclic) bond motifs is 2. The summed E-state index contributed by atoms with van der Waals surface area (Å²) in [5.74, 6) is 0.753. The third-order valence-electron chi connectivity index (χ3n) is 7.32. The average molecular weight is 387 g/mol. The number of rotatable bonds is 3. The summed E-state index contributed by atoms with van der Waals surface area (Å²) in [6.45, 7) is 15.0. The first-order valence-corrected chi connectivity index (χ1v) is 10.9. The van der Waals surface area contributed by atoms with Crippen molar-refractivity contribution >= 4 is 5.97 Å². The fraction of sp³-hybridized carbons (Fsp3) is 0.720. The van der Waals surface area contributed by atoms with Gasteiger partial charge in [0.1, 0.15) is 0 Å². The number of hydrogen-bond acceptors (Lipinski definition) is 3. The van der Waals surface area contributed by atoms with Gasteiger partial charge in [-0.25, -0.2) is 0 Å². The fourth-order valence-electron chi connectivity index (χ4n) is 5.21. The van der Waals surface area contributed by atoms with E-state index in [4.69, 9.17) is 4.74 Å². The van der Waals surface area contributed by atoms with Crippen LogP contribution in [0.5, 0.6) is 0 Å². The Kier molecular flexibility index (Phi) is 5.71. The van der Waals surface area contributed by atoms with Gasteiger partial charge < -0.3 is 9.84 Å². The van der Waals surface area contributed by atoms with Gasteiger partial charge in [-0.15, -0.1) is 0 Å².